The summed E-state index contributed by atoms with van der Waals surface area (Å²) in [7, 11) is 7.32. The molecule has 1 aromatic carbocycles. The summed E-state index contributed by atoms with van der Waals surface area (Å²) in [6.45, 7) is 1.10. The highest BCUT2D eigenvalue weighted by atomic mass is 35.5. The van der Waals surface area contributed by atoms with E-state index in [1.165, 1.54) is 6.33 Å². The number of aromatic nitrogens is 2. The van der Waals surface area contributed by atoms with Gasteiger partial charge < -0.3 is 14.4 Å². The fraction of sp³-hybridized carbons (Fsp3) is 0.500. The number of fused-ring (bicyclic) bond motifs is 1. The van der Waals surface area contributed by atoms with Crippen molar-refractivity contribution < 1.29 is 14.3 Å². The smallest absolute Gasteiger partial charge is 0.163 e. The molecule has 0 unspecified atom stereocenters. The van der Waals surface area contributed by atoms with Crippen LogP contribution in [0.25, 0.3) is 10.9 Å². The molecule has 1 saturated heterocycles. The second-order valence-corrected chi connectivity index (χ2v) is 7.18. The second kappa shape index (κ2) is 7.73. The number of Topliss-reactive ketones (excluding diaryl/α,β-unsaturated/α-hetero) is 1. The molecule has 0 aliphatic carbocycles. The van der Waals surface area contributed by atoms with Crippen LogP contribution in [-0.2, 0) is 4.79 Å². The third-order valence-electron chi connectivity index (χ3n) is 4.52. The summed E-state index contributed by atoms with van der Waals surface area (Å²) in [5, 5.41) is 1.07. The highest BCUT2D eigenvalue weighted by Crippen LogP contribution is 2.35. The van der Waals surface area contributed by atoms with E-state index in [9.17, 15) is 4.79 Å². The molecule has 0 saturated carbocycles. The van der Waals surface area contributed by atoms with Crippen LogP contribution in [0.15, 0.2) is 18.5 Å². The molecular weight excluding hydrogens is 356 g/mol. The van der Waals surface area contributed by atoms with E-state index in [1.54, 1.807) is 19.2 Å². The Balaban J connectivity index is 1.80. The number of nitrogens with zero attached hydrogens (tertiary/aromatic N) is 4. The fourth-order valence-electron chi connectivity index (χ4n) is 3.30. The number of benzene rings is 1. The van der Waals surface area contributed by atoms with E-state index in [2.05, 4.69) is 9.97 Å². The fourth-order valence-corrected chi connectivity index (χ4v) is 3.49. The van der Waals surface area contributed by atoms with Crippen LogP contribution >= 0.6 is 11.6 Å². The summed E-state index contributed by atoms with van der Waals surface area (Å²) < 4.78 is 11.6. The molecule has 2 heterocycles. The summed E-state index contributed by atoms with van der Waals surface area (Å²) in [4.78, 5) is 24.6. The Bertz CT molecular complexity index is 814. The third-order valence-corrected chi connectivity index (χ3v) is 4.82. The highest BCUT2D eigenvalue weighted by Gasteiger charge is 2.36. The first kappa shape index (κ1) is 18.8. The van der Waals surface area contributed by atoms with Gasteiger partial charge in [-0.05, 0) is 27.2 Å². The number of likely N-dealkylation sites (tertiary alicyclic amines) is 1. The van der Waals surface area contributed by atoms with Crippen molar-refractivity contribution in [2.24, 2.45) is 0 Å². The minimum atomic E-state index is -0.138. The summed E-state index contributed by atoms with van der Waals surface area (Å²) in [6.07, 6.45) is 1.95. The number of rotatable bonds is 6. The average Bonchev–Trinajstić information content (AvgIpc) is 2.95. The van der Waals surface area contributed by atoms with Gasteiger partial charge in [0.2, 0.25) is 0 Å². The second-order valence-electron chi connectivity index (χ2n) is 6.82. The van der Waals surface area contributed by atoms with Gasteiger partial charge in [0.1, 0.15) is 17.6 Å². The molecule has 1 fully saturated rings. The van der Waals surface area contributed by atoms with E-state index >= 15 is 0 Å². The standard InChI is InChI=1S/C18H23ClN4O3/c1-22(2)9-15(24)14-5-11(8-23(14)3)26-17-6-12-13(7-16(17)25-4)20-10-21-18(12)19/h6-7,10-11,14H,5,8-9H2,1-4H3/t11-,14+/m0/s1. The van der Waals surface area contributed by atoms with Crippen molar-refractivity contribution in [3.8, 4) is 11.5 Å². The number of hydrogen-bond acceptors (Lipinski definition) is 7. The molecule has 0 spiro atoms. The van der Waals surface area contributed by atoms with Gasteiger partial charge in [-0.2, -0.15) is 0 Å². The van der Waals surface area contributed by atoms with E-state index in [0.29, 0.717) is 47.1 Å². The SMILES string of the molecule is COc1cc2ncnc(Cl)c2cc1O[C@H]1C[C@H](C(=O)CN(C)C)N(C)C1. The van der Waals surface area contributed by atoms with Gasteiger partial charge in [-0.25, -0.2) is 9.97 Å². The number of ether oxygens (including phenoxy) is 2. The summed E-state index contributed by atoms with van der Waals surface area (Å²) >= 11 is 6.17. The van der Waals surface area contributed by atoms with Gasteiger partial charge in [0, 0.05) is 24.4 Å². The molecule has 2 aromatic rings. The van der Waals surface area contributed by atoms with E-state index in [4.69, 9.17) is 21.1 Å². The van der Waals surface area contributed by atoms with Gasteiger partial charge >= 0.3 is 0 Å². The molecule has 2 atom stereocenters. The van der Waals surface area contributed by atoms with Crippen molar-refractivity contribution in [2.45, 2.75) is 18.6 Å². The maximum atomic E-state index is 12.4. The molecule has 1 aliphatic heterocycles. The molecule has 0 radical (unpaired) electrons. The number of carbonyl (C=O) groups excluding carboxylic acids is 1. The number of carbonyl (C=O) groups is 1. The molecule has 1 aliphatic rings. The monoisotopic (exact) mass is 378 g/mol. The molecule has 7 nitrogen and oxygen atoms in total. The van der Waals surface area contributed by atoms with Crippen LogP contribution in [0.3, 0.4) is 0 Å². The van der Waals surface area contributed by atoms with Crippen molar-refractivity contribution in [1.29, 1.82) is 0 Å². The van der Waals surface area contributed by atoms with Gasteiger partial charge in [-0.3, -0.25) is 9.69 Å². The molecule has 140 valence electrons. The van der Waals surface area contributed by atoms with E-state index in [0.717, 1.165) is 0 Å². The maximum absolute atomic E-state index is 12.4. The minimum absolute atomic E-state index is 0.106. The van der Waals surface area contributed by atoms with Gasteiger partial charge in [-0.15, -0.1) is 0 Å². The lowest BCUT2D eigenvalue weighted by Gasteiger charge is -2.19. The normalized spacial score (nSPS) is 20.7. The Morgan fingerprint density at radius 1 is 1.35 bits per heavy atom. The quantitative estimate of drug-likeness (QED) is 0.711. The molecule has 0 N–H and O–H groups in total. The van der Waals surface area contributed by atoms with Gasteiger partial charge in [0.05, 0.1) is 25.2 Å². The summed E-state index contributed by atoms with van der Waals surface area (Å²) in [5.74, 6) is 1.36. The number of likely N-dealkylation sites (N-methyl/N-ethyl adjacent to an activating group) is 2. The molecule has 0 amide bonds. The van der Waals surface area contributed by atoms with E-state index < -0.39 is 0 Å². The first-order valence-corrected chi connectivity index (χ1v) is 8.79. The Morgan fingerprint density at radius 3 is 2.81 bits per heavy atom. The van der Waals surface area contributed by atoms with Crippen LogP contribution < -0.4 is 9.47 Å². The van der Waals surface area contributed by atoms with Crippen molar-refractivity contribution in [2.75, 3.05) is 41.3 Å². The Labute approximate surface area is 157 Å². The van der Waals surface area contributed by atoms with E-state index in [1.807, 2.05) is 30.9 Å². The van der Waals surface area contributed by atoms with Crippen molar-refractivity contribution in [3.63, 3.8) is 0 Å². The first-order valence-electron chi connectivity index (χ1n) is 8.41. The van der Waals surface area contributed by atoms with Crippen LogP contribution in [0.1, 0.15) is 6.42 Å². The van der Waals surface area contributed by atoms with Crippen LogP contribution in [0.5, 0.6) is 11.5 Å². The van der Waals surface area contributed by atoms with E-state index in [-0.39, 0.29) is 17.9 Å². The lowest BCUT2D eigenvalue weighted by atomic mass is 10.1. The average molecular weight is 379 g/mol. The predicted octanol–water partition coefficient (Wildman–Crippen LogP) is 1.87. The van der Waals surface area contributed by atoms with Crippen LogP contribution in [-0.4, -0.2) is 79.0 Å². The van der Waals surface area contributed by atoms with Gasteiger partial charge in [0.25, 0.3) is 0 Å². The number of ketones is 1. The topological polar surface area (TPSA) is 67.8 Å². The van der Waals surface area contributed by atoms with Gasteiger partial charge in [-0.1, -0.05) is 11.6 Å². The lowest BCUT2D eigenvalue weighted by Crippen LogP contribution is -2.38. The molecule has 8 heteroatoms. The van der Waals surface area contributed by atoms with Crippen LogP contribution in [0, 0.1) is 0 Å². The summed E-state index contributed by atoms with van der Waals surface area (Å²) in [6, 6.07) is 3.44. The molecule has 26 heavy (non-hydrogen) atoms. The first-order chi connectivity index (χ1) is 12.4. The van der Waals surface area contributed by atoms with Crippen LogP contribution in [0.2, 0.25) is 5.15 Å². The summed E-state index contributed by atoms with van der Waals surface area (Å²) in [5.41, 5.74) is 0.691. The Hall–Kier alpha value is -1.96. The van der Waals surface area contributed by atoms with Crippen molar-refractivity contribution in [3.05, 3.63) is 23.6 Å². The van der Waals surface area contributed by atoms with Gasteiger partial charge in [0.15, 0.2) is 17.3 Å². The number of methoxy groups -OCH3 is 1. The molecule has 3 rings (SSSR count). The molecule has 1 aromatic heterocycles. The minimum Gasteiger partial charge on any atom is -0.493 e. The molecule has 0 bridgehead atoms. The zero-order chi connectivity index (χ0) is 18.8. The predicted molar refractivity (Wildman–Crippen MR) is 100 cm³/mol. The number of halogens is 1. The largest absolute Gasteiger partial charge is 0.493 e. The molecular formula is C18H23ClN4O3. The maximum Gasteiger partial charge on any atom is 0.163 e. The Morgan fingerprint density at radius 2 is 2.12 bits per heavy atom. The Kier molecular flexibility index (Phi) is 5.60. The lowest BCUT2D eigenvalue weighted by molar-refractivity contribution is -0.123. The van der Waals surface area contributed by atoms with Crippen molar-refractivity contribution >= 4 is 28.3 Å². The third kappa shape index (κ3) is 3.90. The zero-order valence-corrected chi connectivity index (χ0v) is 16.2. The highest BCUT2D eigenvalue weighted by molar-refractivity contribution is 6.34. The number of hydrogen-bond donors (Lipinski definition) is 0. The zero-order valence-electron chi connectivity index (χ0n) is 15.4. The van der Waals surface area contributed by atoms with Crippen LogP contribution in [0.4, 0.5) is 0 Å². The van der Waals surface area contributed by atoms with Crippen molar-refractivity contribution in [1.82, 2.24) is 19.8 Å².